The predicted molar refractivity (Wildman–Crippen MR) is 118 cm³/mol. The van der Waals surface area contributed by atoms with Crippen LogP contribution >= 0.6 is 23.2 Å². The van der Waals surface area contributed by atoms with Crippen molar-refractivity contribution in [2.45, 2.75) is 26.1 Å². The standard InChI is InChI=1S/C20H19Cl2N5O5/c1-9(2)27-15-8-11(4-5-14(15)24-19(27)30-3)31-16-12(21)6-10(7-13(16)22)23-18(28)17-25-20(29)32-26-17/h4-9,17,26H,1-3H3,(H,23,28)(H,25,29). The van der Waals surface area contributed by atoms with Gasteiger partial charge in [-0.3, -0.25) is 14.7 Å². The highest BCUT2D eigenvalue weighted by Crippen LogP contribution is 2.40. The number of nitrogens with zero attached hydrogens (tertiary/aromatic N) is 2. The molecule has 1 aromatic heterocycles. The van der Waals surface area contributed by atoms with Gasteiger partial charge in [0.25, 0.3) is 11.9 Å². The van der Waals surface area contributed by atoms with E-state index in [2.05, 4.69) is 25.9 Å². The molecule has 0 aliphatic carbocycles. The molecule has 168 valence electrons. The van der Waals surface area contributed by atoms with Crippen LogP contribution in [-0.2, 0) is 9.63 Å². The number of ether oxygens (including phenoxy) is 2. The second-order valence-electron chi connectivity index (χ2n) is 7.16. The molecule has 1 fully saturated rings. The van der Waals surface area contributed by atoms with Crippen LogP contribution in [0.4, 0.5) is 10.5 Å². The molecular weight excluding hydrogens is 461 g/mol. The van der Waals surface area contributed by atoms with E-state index in [9.17, 15) is 9.59 Å². The van der Waals surface area contributed by atoms with Crippen molar-refractivity contribution in [2.75, 3.05) is 12.4 Å². The molecular formula is C20H19Cl2N5O5. The van der Waals surface area contributed by atoms with Crippen molar-refractivity contribution in [3.8, 4) is 17.5 Å². The molecule has 2 amide bonds. The van der Waals surface area contributed by atoms with Gasteiger partial charge in [0, 0.05) is 17.8 Å². The average Bonchev–Trinajstić information content (AvgIpc) is 3.33. The van der Waals surface area contributed by atoms with E-state index in [0.717, 1.165) is 11.0 Å². The molecule has 1 aliphatic rings. The lowest BCUT2D eigenvalue weighted by Gasteiger charge is -2.14. The number of nitrogens with one attached hydrogen (secondary N) is 3. The normalized spacial score (nSPS) is 15.6. The highest BCUT2D eigenvalue weighted by atomic mass is 35.5. The molecule has 0 radical (unpaired) electrons. The van der Waals surface area contributed by atoms with Crippen LogP contribution in [-0.4, -0.2) is 34.8 Å². The van der Waals surface area contributed by atoms with Gasteiger partial charge in [-0.05, 0) is 38.1 Å². The first-order valence-electron chi connectivity index (χ1n) is 9.53. The van der Waals surface area contributed by atoms with Gasteiger partial charge in [-0.1, -0.05) is 23.2 Å². The highest BCUT2D eigenvalue weighted by molar-refractivity contribution is 6.37. The lowest BCUT2D eigenvalue weighted by molar-refractivity contribution is -0.119. The van der Waals surface area contributed by atoms with Crippen LogP contribution in [0.1, 0.15) is 19.9 Å². The van der Waals surface area contributed by atoms with Crippen LogP contribution in [0.5, 0.6) is 17.5 Å². The summed E-state index contributed by atoms with van der Waals surface area (Å²) in [6.45, 7) is 4.05. The van der Waals surface area contributed by atoms with E-state index in [1.165, 1.54) is 12.1 Å². The Kier molecular flexibility index (Phi) is 6.00. The third-order valence-electron chi connectivity index (χ3n) is 4.61. The monoisotopic (exact) mass is 479 g/mol. The summed E-state index contributed by atoms with van der Waals surface area (Å²) in [5.74, 6) is 0.166. The molecule has 0 bridgehead atoms. The Morgan fingerprint density at radius 1 is 1.25 bits per heavy atom. The molecule has 4 rings (SSSR count). The number of methoxy groups -OCH3 is 1. The lowest BCUT2D eigenvalue weighted by Crippen LogP contribution is -2.43. The Morgan fingerprint density at radius 2 is 1.97 bits per heavy atom. The number of benzene rings is 2. The number of carbonyl (C=O) groups excluding carboxylic acids is 2. The molecule has 1 saturated heterocycles. The zero-order chi connectivity index (χ0) is 23.0. The number of halogens is 2. The van der Waals surface area contributed by atoms with E-state index in [1.807, 2.05) is 30.5 Å². The van der Waals surface area contributed by atoms with Crippen molar-refractivity contribution >= 4 is 51.9 Å². The summed E-state index contributed by atoms with van der Waals surface area (Å²) in [5, 5.41) is 5.24. The van der Waals surface area contributed by atoms with E-state index in [0.29, 0.717) is 17.4 Å². The van der Waals surface area contributed by atoms with Gasteiger partial charge in [0.15, 0.2) is 11.9 Å². The molecule has 10 nitrogen and oxygen atoms in total. The molecule has 32 heavy (non-hydrogen) atoms. The minimum atomic E-state index is -1.04. The van der Waals surface area contributed by atoms with E-state index in [1.54, 1.807) is 13.2 Å². The Labute approximate surface area is 192 Å². The fraction of sp³-hybridized carbons (Fsp3) is 0.250. The Bertz CT molecular complexity index is 1190. The molecule has 2 heterocycles. The van der Waals surface area contributed by atoms with Crippen LogP contribution in [0.3, 0.4) is 0 Å². The Morgan fingerprint density at radius 3 is 2.56 bits per heavy atom. The summed E-state index contributed by atoms with van der Waals surface area (Å²) in [4.78, 5) is 32.2. The maximum absolute atomic E-state index is 12.2. The van der Waals surface area contributed by atoms with Crippen LogP contribution < -0.4 is 25.6 Å². The molecule has 12 heteroatoms. The van der Waals surface area contributed by atoms with Crippen molar-refractivity contribution < 1.29 is 23.9 Å². The minimum absolute atomic E-state index is 0.116. The second-order valence-corrected chi connectivity index (χ2v) is 7.97. The van der Waals surface area contributed by atoms with Crippen molar-refractivity contribution in [2.24, 2.45) is 0 Å². The van der Waals surface area contributed by atoms with Crippen molar-refractivity contribution in [3.05, 3.63) is 40.4 Å². The van der Waals surface area contributed by atoms with Gasteiger partial charge in [-0.15, -0.1) is 5.48 Å². The number of anilines is 1. The van der Waals surface area contributed by atoms with Gasteiger partial charge >= 0.3 is 6.09 Å². The molecule has 0 saturated carbocycles. The number of aromatic nitrogens is 2. The van der Waals surface area contributed by atoms with E-state index < -0.39 is 18.2 Å². The largest absolute Gasteiger partial charge is 0.468 e. The maximum atomic E-state index is 12.2. The summed E-state index contributed by atoms with van der Waals surface area (Å²) in [6, 6.07) is 8.97. The molecule has 3 aromatic rings. The topological polar surface area (TPSA) is 116 Å². The predicted octanol–water partition coefficient (Wildman–Crippen LogP) is 4.23. The Hall–Kier alpha value is -3.21. The van der Waals surface area contributed by atoms with Gasteiger partial charge in [-0.25, -0.2) is 4.79 Å². The maximum Gasteiger partial charge on any atom is 0.427 e. The van der Waals surface area contributed by atoms with Crippen molar-refractivity contribution in [3.63, 3.8) is 0 Å². The smallest absolute Gasteiger partial charge is 0.427 e. The first kappa shape index (κ1) is 22.0. The number of fused-ring (bicyclic) bond motifs is 1. The summed E-state index contributed by atoms with van der Waals surface area (Å²) in [5.41, 5.74) is 4.16. The minimum Gasteiger partial charge on any atom is -0.468 e. The summed E-state index contributed by atoms with van der Waals surface area (Å²) >= 11 is 12.7. The fourth-order valence-corrected chi connectivity index (χ4v) is 3.79. The summed E-state index contributed by atoms with van der Waals surface area (Å²) in [7, 11) is 1.57. The van der Waals surface area contributed by atoms with Crippen molar-refractivity contribution in [1.82, 2.24) is 20.3 Å². The molecule has 2 aromatic carbocycles. The zero-order valence-corrected chi connectivity index (χ0v) is 18.7. The van der Waals surface area contributed by atoms with Crippen LogP contribution in [0, 0.1) is 0 Å². The third-order valence-corrected chi connectivity index (χ3v) is 5.17. The van der Waals surface area contributed by atoms with Gasteiger partial charge in [0.1, 0.15) is 5.75 Å². The van der Waals surface area contributed by atoms with Crippen LogP contribution in [0.15, 0.2) is 30.3 Å². The highest BCUT2D eigenvalue weighted by Gasteiger charge is 2.29. The quantitative estimate of drug-likeness (QED) is 0.484. The lowest BCUT2D eigenvalue weighted by atomic mass is 10.2. The van der Waals surface area contributed by atoms with Gasteiger partial charge < -0.3 is 19.6 Å². The molecule has 3 N–H and O–H groups in total. The van der Waals surface area contributed by atoms with Crippen molar-refractivity contribution in [1.29, 1.82) is 0 Å². The SMILES string of the molecule is COc1nc2ccc(Oc3c(Cl)cc(NC(=O)C4NOC(=O)N4)cc3Cl)cc2n1C(C)C. The van der Waals surface area contributed by atoms with E-state index >= 15 is 0 Å². The molecule has 1 unspecified atom stereocenters. The van der Waals surface area contributed by atoms with E-state index in [4.69, 9.17) is 32.7 Å². The molecule has 0 spiro atoms. The number of imidazole rings is 1. The summed E-state index contributed by atoms with van der Waals surface area (Å²) in [6.07, 6.45) is -1.79. The van der Waals surface area contributed by atoms with Crippen LogP contribution in [0.25, 0.3) is 11.0 Å². The zero-order valence-electron chi connectivity index (χ0n) is 17.2. The summed E-state index contributed by atoms with van der Waals surface area (Å²) < 4.78 is 13.3. The number of amides is 2. The second kappa shape index (κ2) is 8.73. The van der Waals surface area contributed by atoms with E-state index in [-0.39, 0.29) is 21.8 Å². The average molecular weight is 480 g/mol. The number of hydroxylamine groups is 1. The molecule has 1 atom stereocenters. The third kappa shape index (κ3) is 4.24. The number of hydrogen-bond donors (Lipinski definition) is 3. The number of hydrogen-bond acceptors (Lipinski definition) is 7. The Balaban J connectivity index is 1.58. The van der Waals surface area contributed by atoms with Gasteiger partial charge in [0.05, 0.1) is 28.2 Å². The first-order valence-corrected chi connectivity index (χ1v) is 10.3. The van der Waals surface area contributed by atoms with Crippen LogP contribution in [0.2, 0.25) is 10.0 Å². The first-order chi connectivity index (χ1) is 15.3. The van der Waals surface area contributed by atoms with Gasteiger partial charge in [0.2, 0.25) is 0 Å². The fourth-order valence-electron chi connectivity index (χ4n) is 3.23. The van der Waals surface area contributed by atoms with Gasteiger partial charge in [-0.2, -0.15) is 4.98 Å². The molecule has 1 aliphatic heterocycles. The number of carbonyl (C=O) groups is 2. The number of rotatable bonds is 6.